The van der Waals surface area contributed by atoms with Crippen molar-refractivity contribution in [1.29, 1.82) is 0 Å². The number of anilines is 1. The Hall–Kier alpha value is -4.61. The van der Waals surface area contributed by atoms with Gasteiger partial charge in [0.05, 0.1) is 29.8 Å². The van der Waals surface area contributed by atoms with Crippen molar-refractivity contribution in [1.82, 2.24) is 29.5 Å². The number of piperazine rings is 1. The first-order valence-electron chi connectivity index (χ1n) is 19.8. The number of halogens is 2. The number of phenols is 1. The molecule has 11 nitrogen and oxygen atoms in total. The average Bonchev–Trinajstić information content (AvgIpc) is 3.73. The lowest BCUT2D eigenvalue weighted by molar-refractivity contribution is -0.0741. The number of methoxy groups -OCH3 is 1. The van der Waals surface area contributed by atoms with Gasteiger partial charge in [0.2, 0.25) is 0 Å². The van der Waals surface area contributed by atoms with Crippen molar-refractivity contribution >= 4 is 38.4 Å². The van der Waals surface area contributed by atoms with E-state index in [9.17, 15) is 5.11 Å². The topological polar surface area (TPSA) is 101 Å². The summed E-state index contributed by atoms with van der Waals surface area (Å²) in [5.74, 6) is 1.71. The number of nitrogens with zero attached hydrogens (tertiary/aromatic N) is 7. The third-order valence-corrected chi connectivity index (χ3v) is 12.2. The van der Waals surface area contributed by atoms with Crippen LogP contribution in [0.25, 0.3) is 43.7 Å². The van der Waals surface area contributed by atoms with Crippen molar-refractivity contribution < 1.29 is 28.1 Å². The number of hydrogen-bond acceptors (Lipinski definition) is 10. The Balaban J connectivity index is 1.20. The molecule has 3 saturated heterocycles. The number of likely N-dealkylation sites (tertiary alicyclic amines) is 1. The maximum atomic E-state index is 17.9. The molecule has 9 rings (SSSR count). The number of fused-ring (bicyclic) bond motifs is 6. The first kappa shape index (κ1) is 37.0. The van der Waals surface area contributed by atoms with E-state index in [2.05, 4.69) is 34.5 Å². The number of hydrogen-bond donors (Lipinski definition) is 1. The molecule has 0 unspecified atom stereocenters. The summed E-state index contributed by atoms with van der Waals surface area (Å²) in [5.41, 5.74) is 0.660. The standard InChI is InChI=1S/C43H49F2N7O4/c1-6-31-34(44)11-8-27-16-30(53)17-32(35(27)31)36-38(45)40-37(33-22-49(4)48-39(33)36)41(52-28-9-10-29(52)21-50(20-28)14-7-15-54-5)47-42(46-40)55-24-43(12-13-43)23-51-18-25(2)56-26(3)19-51/h1,8,11,16-17,22,25-26,28-29,53H,7,9-10,12-15,18-21,23-24H2,2-5H3/t25-,26+,28-,29+. The molecule has 4 atom stereocenters. The number of morpholine rings is 1. The van der Waals surface area contributed by atoms with E-state index in [1.807, 2.05) is 6.20 Å². The predicted molar refractivity (Wildman–Crippen MR) is 212 cm³/mol. The molecule has 0 spiro atoms. The predicted octanol–water partition coefficient (Wildman–Crippen LogP) is 6.26. The van der Waals surface area contributed by atoms with E-state index in [4.69, 9.17) is 35.7 Å². The van der Waals surface area contributed by atoms with Gasteiger partial charge in [-0.05, 0) is 75.1 Å². The molecule has 56 heavy (non-hydrogen) atoms. The van der Waals surface area contributed by atoms with Crippen molar-refractivity contribution in [3.8, 4) is 35.2 Å². The SMILES string of the molecule is C#Cc1c(F)ccc2cc(O)cc(-c3c(F)c4nc(OCC5(CN6C[C@@H](C)O[C@@H](C)C6)CC5)nc(N5[C@@H]6CC[C@H]5CN(CCCOC)C6)c4c4cn(C)nc34)c12. The van der Waals surface area contributed by atoms with Crippen LogP contribution in [0.1, 0.15) is 51.5 Å². The van der Waals surface area contributed by atoms with Gasteiger partial charge < -0.3 is 24.2 Å². The second-order valence-corrected chi connectivity index (χ2v) is 16.6. The smallest absolute Gasteiger partial charge is 0.319 e. The third kappa shape index (κ3) is 6.60. The van der Waals surface area contributed by atoms with Crippen LogP contribution in [0.5, 0.6) is 11.8 Å². The molecular weight excluding hydrogens is 717 g/mol. The van der Waals surface area contributed by atoms with Crippen LogP contribution in [0, 0.1) is 29.4 Å². The normalized spacial score (nSPS) is 23.7. The number of ether oxygens (including phenoxy) is 3. The first-order chi connectivity index (χ1) is 27.0. The quantitative estimate of drug-likeness (QED) is 0.123. The fourth-order valence-corrected chi connectivity index (χ4v) is 9.76. The molecule has 0 amide bonds. The molecule has 13 heteroatoms. The van der Waals surface area contributed by atoms with Crippen molar-refractivity contribution in [2.24, 2.45) is 12.5 Å². The average molecular weight is 766 g/mol. The van der Waals surface area contributed by atoms with E-state index < -0.39 is 11.6 Å². The second-order valence-electron chi connectivity index (χ2n) is 16.6. The number of aromatic nitrogens is 4. The highest BCUT2D eigenvalue weighted by molar-refractivity contribution is 6.18. The van der Waals surface area contributed by atoms with Gasteiger partial charge in [0.15, 0.2) is 5.82 Å². The highest BCUT2D eigenvalue weighted by Crippen LogP contribution is 2.49. The Morgan fingerprint density at radius 2 is 1.75 bits per heavy atom. The number of aryl methyl sites for hydroxylation is 1. The van der Waals surface area contributed by atoms with Crippen molar-refractivity contribution in [3.63, 3.8) is 0 Å². The van der Waals surface area contributed by atoms with Gasteiger partial charge in [0, 0.05) is 100 Å². The summed E-state index contributed by atoms with van der Waals surface area (Å²) in [4.78, 5) is 17.4. The number of aromatic hydroxyl groups is 1. The van der Waals surface area contributed by atoms with Crippen molar-refractivity contribution in [2.75, 3.05) is 64.5 Å². The zero-order valence-electron chi connectivity index (χ0n) is 32.5. The molecule has 1 saturated carbocycles. The molecule has 4 fully saturated rings. The Morgan fingerprint density at radius 1 is 1.00 bits per heavy atom. The Bertz CT molecular complexity index is 2350. The Morgan fingerprint density at radius 3 is 2.45 bits per heavy atom. The van der Waals surface area contributed by atoms with E-state index in [1.54, 1.807) is 18.8 Å². The molecule has 4 aliphatic rings. The monoisotopic (exact) mass is 765 g/mol. The van der Waals surface area contributed by atoms with E-state index >= 15 is 8.78 Å². The lowest BCUT2D eigenvalue weighted by Gasteiger charge is -2.42. The number of phenolic OH excluding ortho intramolecular Hbond substituents is 1. The Labute approximate surface area is 325 Å². The molecule has 5 aromatic rings. The van der Waals surface area contributed by atoms with Crippen molar-refractivity contribution in [2.45, 2.75) is 70.2 Å². The van der Waals surface area contributed by atoms with Gasteiger partial charge in [-0.3, -0.25) is 14.5 Å². The number of terminal acetylenes is 1. The summed E-state index contributed by atoms with van der Waals surface area (Å²) in [6, 6.07) is 6.15. The van der Waals surface area contributed by atoms with Crippen LogP contribution in [0.2, 0.25) is 0 Å². The number of benzene rings is 3. The number of rotatable bonds is 11. The van der Waals surface area contributed by atoms with E-state index in [1.165, 1.54) is 24.3 Å². The van der Waals surface area contributed by atoms with Gasteiger partial charge in [0.1, 0.15) is 28.4 Å². The lowest BCUT2D eigenvalue weighted by Crippen LogP contribution is -2.54. The molecule has 3 aliphatic heterocycles. The van der Waals surface area contributed by atoms with Gasteiger partial charge in [0.25, 0.3) is 0 Å². The van der Waals surface area contributed by atoms with Crippen LogP contribution in [0.15, 0.2) is 30.5 Å². The Kier molecular flexibility index (Phi) is 9.51. The zero-order valence-corrected chi connectivity index (χ0v) is 32.5. The maximum absolute atomic E-state index is 17.9. The van der Waals surface area contributed by atoms with Crippen LogP contribution in [0.3, 0.4) is 0 Å². The minimum Gasteiger partial charge on any atom is -0.508 e. The van der Waals surface area contributed by atoms with Gasteiger partial charge in [-0.1, -0.05) is 12.0 Å². The highest BCUT2D eigenvalue weighted by atomic mass is 19.1. The fourth-order valence-electron chi connectivity index (χ4n) is 9.76. The maximum Gasteiger partial charge on any atom is 0.319 e. The van der Waals surface area contributed by atoms with Gasteiger partial charge in [-0.2, -0.15) is 15.1 Å². The molecule has 0 radical (unpaired) electrons. The molecule has 1 N–H and O–H groups in total. The van der Waals surface area contributed by atoms with E-state index in [-0.39, 0.29) is 63.7 Å². The largest absolute Gasteiger partial charge is 0.508 e. The molecule has 294 valence electrons. The van der Waals surface area contributed by atoms with E-state index in [0.29, 0.717) is 46.1 Å². The second kappa shape index (κ2) is 14.4. The fraction of sp³-hybridized carbons (Fsp3) is 0.512. The summed E-state index contributed by atoms with van der Waals surface area (Å²) in [7, 11) is 3.52. The van der Waals surface area contributed by atoms with Crippen LogP contribution >= 0.6 is 0 Å². The molecule has 1 aliphatic carbocycles. The van der Waals surface area contributed by atoms with Crippen LogP contribution in [0.4, 0.5) is 14.6 Å². The third-order valence-electron chi connectivity index (χ3n) is 12.2. The summed E-state index contributed by atoms with van der Waals surface area (Å²) in [5, 5.41) is 17.7. The molecule has 2 bridgehead atoms. The molecular formula is C43H49F2N7O4. The summed E-state index contributed by atoms with van der Waals surface area (Å²) in [6.45, 7) is 10.6. The summed E-state index contributed by atoms with van der Waals surface area (Å²) in [6.07, 6.45) is 13.0. The van der Waals surface area contributed by atoms with Crippen LogP contribution in [-0.2, 0) is 16.5 Å². The zero-order chi connectivity index (χ0) is 38.9. The van der Waals surface area contributed by atoms with E-state index in [0.717, 1.165) is 71.4 Å². The van der Waals surface area contributed by atoms with Crippen LogP contribution < -0.4 is 9.64 Å². The lowest BCUT2D eigenvalue weighted by atomic mass is 9.91. The van der Waals surface area contributed by atoms with Crippen LogP contribution in [-0.4, -0.2) is 119 Å². The first-order valence-corrected chi connectivity index (χ1v) is 19.8. The van der Waals surface area contributed by atoms with Crippen molar-refractivity contribution in [3.05, 3.63) is 47.7 Å². The molecule has 3 aromatic carbocycles. The summed E-state index contributed by atoms with van der Waals surface area (Å²) < 4.78 is 52.7. The molecule has 5 heterocycles. The van der Waals surface area contributed by atoms with Gasteiger partial charge >= 0.3 is 6.01 Å². The van der Waals surface area contributed by atoms with Gasteiger partial charge in [-0.25, -0.2) is 8.78 Å². The molecule has 2 aromatic heterocycles. The summed E-state index contributed by atoms with van der Waals surface area (Å²) >= 11 is 0. The highest BCUT2D eigenvalue weighted by Gasteiger charge is 2.46. The minimum atomic E-state index is -0.665. The minimum absolute atomic E-state index is 0.0211. The van der Waals surface area contributed by atoms with Gasteiger partial charge in [-0.15, -0.1) is 6.42 Å².